The van der Waals surface area contributed by atoms with Crippen molar-refractivity contribution in [3.63, 3.8) is 0 Å². The van der Waals surface area contributed by atoms with Gasteiger partial charge >= 0.3 is 0 Å². The van der Waals surface area contributed by atoms with E-state index in [1.807, 2.05) is 6.07 Å². The zero-order chi connectivity index (χ0) is 16.5. The van der Waals surface area contributed by atoms with Crippen LogP contribution in [0.25, 0.3) is 0 Å². The third-order valence-corrected chi connectivity index (χ3v) is 4.36. The molecule has 1 aliphatic heterocycles. The van der Waals surface area contributed by atoms with Gasteiger partial charge in [0.15, 0.2) is 5.96 Å². The van der Waals surface area contributed by atoms with E-state index >= 15 is 0 Å². The van der Waals surface area contributed by atoms with Gasteiger partial charge in [0.05, 0.1) is 18.2 Å². The first-order chi connectivity index (χ1) is 11.2. The molecule has 136 valence electrons. The molecular formula is C18H30IN3O2. The van der Waals surface area contributed by atoms with Crippen molar-refractivity contribution in [2.24, 2.45) is 4.99 Å². The fraction of sp³-hybridized carbons (Fsp3) is 0.611. The minimum Gasteiger partial charge on any atom is -0.381 e. The third-order valence-electron chi connectivity index (χ3n) is 4.36. The van der Waals surface area contributed by atoms with Gasteiger partial charge < -0.3 is 20.1 Å². The fourth-order valence-electron chi connectivity index (χ4n) is 2.74. The van der Waals surface area contributed by atoms with E-state index in [9.17, 15) is 0 Å². The second-order valence-electron chi connectivity index (χ2n) is 5.97. The lowest BCUT2D eigenvalue weighted by atomic mass is 9.94. The molecule has 1 aromatic carbocycles. The van der Waals surface area contributed by atoms with E-state index in [0.717, 1.165) is 38.6 Å². The maximum atomic E-state index is 5.75. The molecule has 0 aliphatic carbocycles. The van der Waals surface area contributed by atoms with Crippen LogP contribution >= 0.6 is 24.0 Å². The summed E-state index contributed by atoms with van der Waals surface area (Å²) >= 11 is 0. The SMILES string of the molecule is CCNC(=NCC1(OC)CCOCC1)NC(C)c1ccccc1.I. The van der Waals surface area contributed by atoms with Crippen molar-refractivity contribution in [3.05, 3.63) is 35.9 Å². The van der Waals surface area contributed by atoms with Crippen LogP contribution in [0.1, 0.15) is 38.3 Å². The van der Waals surface area contributed by atoms with Crippen LogP contribution in [0, 0.1) is 0 Å². The number of halogens is 1. The molecule has 1 aliphatic rings. The highest BCUT2D eigenvalue weighted by atomic mass is 127. The quantitative estimate of drug-likeness (QED) is 0.400. The fourth-order valence-corrected chi connectivity index (χ4v) is 2.74. The average molecular weight is 447 g/mol. The Labute approximate surface area is 162 Å². The maximum Gasteiger partial charge on any atom is 0.191 e. The number of methoxy groups -OCH3 is 1. The first-order valence-electron chi connectivity index (χ1n) is 8.42. The Morgan fingerprint density at radius 3 is 2.54 bits per heavy atom. The van der Waals surface area contributed by atoms with Gasteiger partial charge in [-0.3, -0.25) is 4.99 Å². The van der Waals surface area contributed by atoms with Crippen LogP contribution in [-0.2, 0) is 9.47 Å². The van der Waals surface area contributed by atoms with E-state index in [2.05, 4.69) is 48.7 Å². The van der Waals surface area contributed by atoms with Gasteiger partial charge in [-0.2, -0.15) is 0 Å². The van der Waals surface area contributed by atoms with Crippen LogP contribution in [0.2, 0.25) is 0 Å². The molecule has 1 heterocycles. The van der Waals surface area contributed by atoms with Crippen molar-refractivity contribution in [2.45, 2.75) is 38.3 Å². The summed E-state index contributed by atoms with van der Waals surface area (Å²) in [6.07, 6.45) is 1.78. The summed E-state index contributed by atoms with van der Waals surface area (Å²) in [5.74, 6) is 0.826. The molecule has 1 aromatic rings. The number of hydrogen-bond acceptors (Lipinski definition) is 3. The standard InChI is InChI=1S/C18H29N3O2.HI/c1-4-19-17(21-15(2)16-8-6-5-7-9-16)20-14-18(22-3)10-12-23-13-11-18;/h5-9,15H,4,10-14H2,1-3H3,(H2,19,20,21);1H. The number of ether oxygens (including phenoxy) is 2. The van der Waals surface area contributed by atoms with Gasteiger partial charge in [0, 0.05) is 39.7 Å². The van der Waals surface area contributed by atoms with Gasteiger partial charge in [0.25, 0.3) is 0 Å². The Balaban J connectivity index is 0.00000288. The summed E-state index contributed by atoms with van der Waals surface area (Å²) in [4.78, 5) is 4.76. The van der Waals surface area contributed by atoms with Crippen molar-refractivity contribution in [1.82, 2.24) is 10.6 Å². The summed E-state index contributed by atoms with van der Waals surface area (Å²) in [7, 11) is 1.77. The third kappa shape index (κ3) is 6.22. The van der Waals surface area contributed by atoms with Gasteiger partial charge in [-0.15, -0.1) is 24.0 Å². The molecule has 24 heavy (non-hydrogen) atoms. The van der Waals surface area contributed by atoms with Crippen LogP contribution in [0.4, 0.5) is 0 Å². The Morgan fingerprint density at radius 1 is 1.29 bits per heavy atom. The molecule has 2 N–H and O–H groups in total. The van der Waals surface area contributed by atoms with Crippen LogP contribution < -0.4 is 10.6 Å². The Bertz CT molecular complexity index is 490. The van der Waals surface area contributed by atoms with Gasteiger partial charge in [-0.1, -0.05) is 30.3 Å². The second-order valence-corrected chi connectivity index (χ2v) is 5.97. The van der Waals surface area contributed by atoms with E-state index in [1.165, 1.54) is 5.56 Å². The highest BCUT2D eigenvalue weighted by molar-refractivity contribution is 14.0. The Kier molecular flexibility index (Phi) is 9.61. The Hall–Kier alpha value is -0.860. The molecule has 1 saturated heterocycles. The van der Waals surface area contributed by atoms with Crippen LogP contribution in [0.3, 0.4) is 0 Å². The van der Waals surface area contributed by atoms with E-state index in [1.54, 1.807) is 7.11 Å². The largest absolute Gasteiger partial charge is 0.381 e. The molecule has 1 unspecified atom stereocenters. The van der Waals surface area contributed by atoms with Gasteiger partial charge in [-0.25, -0.2) is 0 Å². The molecule has 0 aromatic heterocycles. The molecule has 0 saturated carbocycles. The topological polar surface area (TPSA) is 54.9 Å². The molecule has 2 rings (SSSR count). The Morgan fingerprint density at radius 2 is 1.96 bits per heavy atom. The molecule has 0 amide bonds. The molecule has 6 heteroatoms. The second kappa shape index (κ2) is 10.9. The van der Waals surface area contributed by atoms with Gasteiger partial charge in [0.1, 0.15) is 0 Å². The molecule has 1 atom stereocenters. The molecule has 0 bridgehead atoms. The minimum atomic E-state index is -0.198. The summed E-state index contributed by atoms with van der Waals surface area (Å²) < 4.78 is 11.2. The summed E-state index contributed by atoms with van der Waals surface area (Å²) in [6, 6.07) is 10.6. The van der Waals surface area contributed by atoms with Gasteiger partial charge in [0.2, 0.25) is 0 Å². The number of hydrogen-bond donors (Lipinski definition) is 2. The monoisotopic (exact) mass is 447 g/mol. The normalized spacial score (nSPS) is 18.4. The van der Waals surface area contributed by atoms with Crippen molar-refractivity contribution in [1.29, 1.82) is 0 Å². The van der Waals surface area contributed by atoms with E-state index in [0.29, 0.717) is 6.54 Å². The van der Waals surface area contributed by atoms with Crippen molar-refractivity contribution in [3.8, 4) is 0 Å². The molecule has 1 fully saturated rings. The lowest BCUT2D eigenvalue weighted by Crippen LogP contribution is -2.44. The van der Waals surface area contributed by atoms with E-state index in [4.69, 9.17) is 14.5 Å². The van der Waals surface area contributed by atoms with Crippen molar-refractivity contribution >= 4 is 29.9 Å². The van der Waals surface area contributed by atoms with E-state index < -0.39 is 0 Å². The number of guanidine groups is 1. The zero-order valence-corrected chi connectivity index (χ0v) is 17.2. The van der Waals surface area contributed by atoms with Crippen LogP contribution in [0.5, 0.6) is 0 Å². The number of rotatable bonds is 6. The smallest absolute Gasteiger partial charge is 0.191 e. The van der Waals surface area contributed by atoms with Crippen LogP contribution in [-0.4, -0.2) is 45.0 Å². The minimum absolute atomic E-state index is 0. The molecule has 0 spiro atoms. The van der Waals surface area contributed by atoms with Crippen LogP contribution in [0.15, 0.2) is 35.3 Å². The number of nitrogens with one attached hydrogen (secondary N) is 2. The summed E-state index contributed by atoms with van der Waals surface area (Å²) in [5, 5.41) is 6.78. The number of aliphatic imine (C=N–C) groups is 1. The van der Waals surface area contributed by atoms with Gasteiger partial charge in [-0.05, 0) is 19.4 Å². The molecular weight excluding hydrogens is 417 g/mol. The van der Waals surface area contributed by atoms with Crippen molar-refractivity contribution < 1.29 is 9.47 Å². The average Bonchev–Trinajstić information content (AvgIpc) is 2.61. The number of nitrogens with zero attached hydrogens (tertiary/aromatic N) is 1. The number of benzene rings is 1. The highest BCUT2D eigenvalue weighted by Crippen LogP contribution is 2.24. The lowest BCUT2D eigenvalue weighted by molar-refractivity contribution is -0.0828. The highest BCUT2D eigenvalue weighted by Gasteiger charge is 2.32. The lowest BCUT2D eigenvalue weighted by Gasteiger charge is -2.34. The predicted molar refractivity (Wildman–Crippen MR) is 109 cm³/mol. The summed E-state index contributed by atoms with van der Waals surface area (Å²) in [6.45, 7) is 7.18. The van der Waals surface area contributed by atoms with Crippen molar-refractivity contribution in [2.75, 3.05) is 33.4 Å². The molecule has 5 nitrogen and oxygen atoms in total. The molecule has 0 radical (unpaired) electrons. The zero-order valence-electron chi connectivity index (χ0n) is 14.9. The van der Waals surface area contributed by atoms with E-state index in [-0.39, 0.29) is 35.6 Å². The first-order valence-corrected chi connectivity index (χ1v) is 8.42. The predicted octanol–water partition coefficient (Wildman–Crippen LogP) is 3.12. The maximum absolute atomic E-state index is 5.75. The first kappa shape index (κ1) is 21.2. The summed E-state index contributed by atoms with van der Waals surface area (Å²) in [5.41, 5.74) is 1.04.